The molecule has 0 bridgehead atoms. The van der Waals surface area contributed by atoms with E-state index in [1.165, 1.54) is 13.2 Å². The van der Waals surface area contributed by atoms with Crippen LogP contribution in [0, 0.1) is 0 Å². The van der Waals surface area contributed by atoms with E-state index in [1.54, 1.807) is 6.20 Å². The third-order valence-electron chi connectivity index (χ3n) is 1.50. The van der Waals surface area contributed by atoms with Crippen molar-refractivity contribution in [2.45, 2.75) is 5.33 Å². The van der Waals surface area contributed by atoms with E-state index in [0.29, 0.717) is 10.9 Å². The predicted octanol–water partition coefficient (Wildman–Crippen LogP) is 2.42. The molecule has 0 radical (unpaired) electrons. The minimum Gasteiger partial charge on any atom is -0.465 e. The maximum absolute atomic E-state index is 11.2. The van der Waals surface area contributed by atoms with E-state index in [0.717, 1.165) is 5.56 Å². The smallest absolute Gasteiger partial charge is 0.338 e. The van der Waals surface area contributed by atoms with Crippen molar-refractivity contribution in [1.29, 1.82) is 0 Å². The van der Waals surface area contributed by atoms with Crippen molar-refractivity contribution in [3.05, 3.63) is 28.5 Å². The van der Waals surface area contributed by atoms with Gasteiger partial charge in [0.05, 0.1) is 12.7 Å². The number of hydrogen-bond donors (Lipinski definition) is 0. The zero-order valence-electron chi connectivity index (χ0n) is 6.88. The molecule has 0 unspecified atom stereocenters. The van der Waals surface area contributed by atoms with Crippen LogP contribution in [0.4, 0.5) is 0 Å². The van der Waals surface area contributed by atoms with Crippen molar-refractivity contribution in [3.63, 3.8) is 0 Å². The van der Waals surface area contributed by atoms with E-state index in [4.69, 9.17) is 11.6 Å². The fourth-order valence-electron chi connectivity index (χ4n) is 0.865. The summed E-state index contributed by atoms with van der Waals surface area (Å²) in [7, 11) is 1.33. The predicted molar refractivity (Wildman–Crippen MR) is 53.2 cm³/mol. The largest absolute Gasteiger partial charge is 0.465 e. The van der Waals surface area contributed by atoms with Gasteiger partial charge in [0.15, 0.2) is 0 Å². The topological polar surface area (TPSA) is 39.2 Å². The van der Waals surface area contributed by atoms with E-state index in [1.807, 2.05) is 0 Å². The molecule has 0 atom stereocenters. The molecule has 0 spiro atoms. The monoisotopic (exact) mass is 263 g/mol. The molecule has 13 heavy (non-hydrogen) atoms. The Morgan fingerprint density at radius 2 is 2.46 bits per heavy atom. The number of ether oxygens (including phenoxy) is 1. The summed E-state index contributed by atoms with van der Waals surface area (Å²) in [5.74, 6) is -0.404. The van der Waals surface area contributed by atoms with Crippen LogP contribution in [-0.2, 0) is 10.1 Å². The zero-order valence-corrected chi connectivity index (χ0v) is 9.22. The highest BCUT2D eigenvalue weighted by atomic mass is 79.9. The van der Waals surface area contributed by atoms with Crippen molar-refractivity contribution in [3.8, 4) is 0 Å². The second-order valence-electron chi connectivity index (χ2n) is 2.29. The number of carbonyl (C=O) groups is 1. The Balaban J connectivity index is 3.15. The van der Waals surface area contributed by atoms with Crippen molar-refractivity contribution in [2.24, 2.45) is 0 Å². The molecular formula is C8H7BrClNO2. The molecule has 0 fully saturated rings. The molecule has 0 aliphatic heterocycles. The Morgan fingerprint density at radius 3 is 3.00 bits per heavy atom. The fraction of sp³-hybridized carbons (Fsp3) is 0.250. The Kier molecular flexibility index (Phi) is 3.69. The van der Waals surface area contributed by atoms with Crippen LogP contribution in [0.3, 0.4) is 0 Å². The van der Waals surface area contributed by atoms with Gasteiger partial charge < -0.3 is 4.74 Å². The van der Waals surface area contributed by atoms with Crippen LogP contribution >= 0.6 is 27.5 Å². The Bertz CT molecular complexity index is 330. The van der Waals surface area contributed by atoms with E-state index >= 15 is 0 Å². The van der Waals surface area contributed by atoms with Crippen molar-refractivity contribution < 1.29 is 9.53 Å². The first-order chi connectivity index (χ1) is 6.19. The van der Waals surface area contributed by atoms with Crippen LogP contribution in [0.5, 0.6) is 0 Å². The van der Waals surface area contributed by atoms with Crippen molar-refractivity contribution in [2.75, 3.05) is 7.11 Å². The van der Waals surface area contributed by atoms with Gasteiger partial charge in [0.25, 0.3) is 0 Å². The quantitative estimate of drug-likeness (QED) is 0.468. The van der Waals surface area contributed by atoms with Gasteiger partial charge in [-0.1, -0.05) is 27.5 Å². The average Bonchev–Trinajstić information content (AvgIpc) is 2.16. The van der Waals surface area contributed by atoms with Gasteiger partial charge in [-0.3, -0.25) is 0 Å². The van der Waals surface area contributed by atoms with E-state index in [2.05, 4.69) is 25.7 Å². The average molecular weight is 265 g/mol. The molecule has 5 heteroatoms. The summed E-state index contributed by atoms with van der Waals surface area (Å²) in [4.78, 5) is 15.1. The number of carbonyl (C=O) groups excluding carboxylic acids is 1. The Morgan fingerprint density at radius 1 is 1.77 bits per heavy atom. The van der Waals surface area contributed by atoms with Gasteiger partial charge in [-0.05, 0) is 11.6 Å². The molecular weight excluding hydrogens is 257 g/mol. The second kappa shape index (κ2) is 4.58. The normalized spacial score (nSPS) is 9.77. The molecule has 3 nitrogen and oxygen atoms in total. The number of nitrogens with zero attached hydrogens (tertiary/aromatic N) is 1. The highest BCUT2D eigenvalue weighted by Crippen LogP contribution is 2.16. The standard InChI is InChI=1S/C8H7BrClNO2/c1-13-8(12)6-2-7(10)11-4-5(6)3-9/h2,4H,3H2,1H3. The van der Waals surface area contributed by atoms with Crippen molar-refractivity contribution >= 4 is 33.5 Å². The Hall–Kier alpha value is -0.610. The zero-order chi connectivity index (χ0) is 9.84. The summed E-state index contributed by atoms with van der Waals surface area (Å²) in [6.45, 7) is 0. The molecule has 1 heterocycles. The number of pyridine rings is 1. The second-order valence-corrected chi connectivity index (χ2v) is 3.24. The minimum atomic E-state index is -0.404. The van der Waals surface area contributed by atoms with Crippen LogP contribution < -0.4 is 0 Å². The number of alkyl halides is 1. The molecule has 1 rings (SSSR count). The molecule has 0 saturated heterocycles. The molecule has 0 aliphatic rings. The summed E-state index contributed by atoms with van der Waals surface area (Å²) in [5, 5.41) is 0.826. The van der Waals surface area contributed by atoms with Gasteiger partial charge in [-0.2, -0.15) is 0 Å². The molecule has 0 amide bonds. The van der Waals surface area contributed by atoms with Crippen LogP contribution in [-0.4, -0.2) is 18.1 Å². The lowest BCUT2D eigenvalue weighted by Crippen LogP contribution is -2.05. The molecule has 0 N–H and O–H groups in total. The molecule has 0 saturated carbocycles. The lowest BCUT2D eigenvalue weighted by atomic mass is 10.2. The maximum Gasteiger partial charge on any atom is 0.338 e. The highest BCUT2D eigenvalue weighted by molar-refractivity contribution is 9.08. The summed E-state index contributed by atoms with van der Waals surface area (Å²) < 4.78 is 4.59. The van der Waals surface area contributed by atoms with Gasteiger partial charge in [0, 0.05) is 11.5 Å². The van der Waals surface area contributed by atoms with E-state index < -0.39 is 5.97 Å². The number of hydrogen-bond acceptors (Lipinski definition) is 3. The molecule has 0 aromatic carbocycles. The molecule has 0 aliphatic carbocycles. The van der Waals surface area contributed by atoms with Crippen molar-refractivity contribution in [1.82, 2.24) is 4.98 Å². The van der Waals surface area contributed by atoms with E-state index in [-0.39, 0.29) is 5.15 Å². The molecule has 70 valence electrons. The van der Waals surface area contributed by atoms with Crippen LogP contribution in [0.15, 0.2) is 12.3 Å². The minimum absolute atomic E-state index is 0.283. The number of rotatable bonds is 2. The summed E-state index contributed by atoms with van der Waals surface area (Å²) in [6.07, 6.45) is 1.54. The summed E-state index contributed by atoms with van der Waals surface area (Å²) in [5.41, 5.74) is 1.20. The van der Waals surface area contributed by atoms with Crippen LogP contribution in [0.2, 0.25) is 5.15 Å². The number of halogens is 2. The first-order valence-corrected chi connectivity index (χ1v) is 4.97. The third kappa shape index (κ3) is 2.42. The van der Waals surface area contributed by atoms with Gasteiger partial charge in [-0.25, -0.2) is 9.78 Å². The third-order valence-corrected chi connectivity index (χ3v) is 2.31. The molecule has 1 aromatic rings. The van der Waals surface area contributed by atoms with Gasteiger partial charge in [-0.15, -0.1) is 0 Å². The Labute approximate surface area is 89.2 Å². The molecule has 1 aromatic heterocycles. The van der Waals surface area contributed by atoms with Crippen LogP contribution in [0.1, 0.15) is 15.9 Å². The van der Waals surface area contributed by atoms with Gasteiger partial charge >= 0.3 is 5.97 Å². The lowest BCUT2D eigenvalue weighted by molar-refractivity contribution is 0.0599. The number of esters is 1. The lowest BCUT2D eigenvalue weighted by Gasteiger charge is -2.04. The van der Waals surface area contributed by atoms with E-state index in [9.17, 15) is 4.79 Å². The fourth-order valence-corrected chi connectivity index (χ4v) is 1.47. The summed E-state index contributed by atoms with van der Waals surface area (Å²) >= 11 is 8.88. The first kappa shape index (κ1) is 10.5. The highest BCUT2D eigenvalue weighted by Gasteiger charge is 2.11. The SMILES string of the molecule is COC(=O)c1cc(Cl)ncc1CBr. The van der Waals surface area contributed by atoms with Gasteiger partial charge in [0.1, 0.15) is 5.15 Å². The summed E-state index contributed by atoms with van der Waals surface area (Å²) in [6, 6.07) is 1.49. The number of methoxy groups -OCH3 is 1. The van der Waals surface area contributed by atoms with Crippen LogP contribution in [0.25, 0.3) is 0 Å². The van der Waals surface area contributed by atoms with Gasteiger partial charge in [0.2, 0.25) is 0 Å². The maximum atomic E-state index is 11.2. The first-order valence-electron chi connectivity index (χ1n) is 3.47. The number of aromatic nitrogens is 1.